The van der Waals surface area contributed by atoms with Gasteiger partial charge in [-0.3, -0.25) is 9.78 Å². The summed E-state index contributed by atoms with van der Waals surface area (Å²) in [5, 5.41) is 0. The minimum Gasteiger partial charge on any atom is -0.289 e. The first kappa shape index (κ1) is 16.0. The predicted octanol–water partition coefficient (Wildman–Crippen LogP) is 5.65. The van der Waals surface area contributed by atoms with Crippen LogP contribution in [-0.2, 0) is 0 Å². The highest BCUT2D eigenvalue weighted by Gasteiger charge is 2.09. The zero-order valence-corrected chi connectivity index (χ0v) is 14.2. The smallest absolute Gasteiger partial charge is 0.194 e. The molecule has 0 fully saturated rings. The Hall–Kier alpha value is -3.52. The van der Waals surface area contributed by atoms with E-state index in [9.17, 15) is 4.79 Å². The molecule has 2 nitrogen and oxygen atoms in total. The molecular formula is C24H17NO. The summed E-state index contributed by atoms with van der Waals surface area (Å²) >= 11 is 0. The summed E-state index contributed by atoms with van der Waals surface area (Å²) in [5.41, 5.74) is 5.48. The van der Waals surface area contributed by atoms with Crippen LogP contribution in [-0.4, -0.2) is 10.8 Å². The van der Waals surface area contributed by atoms with Crippen LogP contribution >= 0.6 is 0 Å². The lowest BCUT2D eigenvalue weighted by Gasteiger charge is -2.06. The number of aromatic nitrogens is 1. The van der Waals surface area contributed by atoms with E-state index in [2.05, 4.69) is 29.2 Å². The number of rotatable bonds is 4. The van der Waals surface area contributed by atoms with Crippen LogP contribution in [0.3, 0.4) is 0 Å². The first-order chi connectivity index (χ1) is 12.8. The summed E-state index contributed by atoms with van der Waals surface area (Å²) in [5.74, 6) is -0.0114. The van der Waals surface area contributed by atoms with Gasteiger partial charge in [0, 0.05) is 22.9 Å². The maximum atomic E-state index is 12.5. The Labute approximate surface area is 152 Å². The second-order valence-corrected chi connectivity index (χ2v) is 6.07. The molecule has 4 rings (SSSR count). The summed E-state index contributed by atoms with van der Waals surface area (Å²) in [4.78, 5) is 17.0. The summed E-state index contributed by atoms with van der Waals surface area (Å²) in [7, 11) is 0. The van der Waals surface area contributed by atoms with Crippen LogP contribution < -0.4 is 0 Å². The Bertz CT molecular complexity index is 1020. The van der Waals surface area contributed by atoms with Crippen molar-refractivity contribution in [3.63, 3.8) is 0 Å². The highest BCUT2D eigenvalue weighted by atomic mass is 16.1. The molecule has 0 saturated heterocycles. The van der Waals surface area contributed by atoms with Crippen LogP contribution in [0, 0.1) is 0 Å². The number of nitrogens with zero attached hydrogens (tertiary/aromatic N) is 1. The Morgan fingerprint density at radius 1 is 0.577 bits per heavy atom. The van der Waals surface area contributed by atoms with Gasteiger partial charge in [-0.1, -0.05) is 78.9 Å². The highest BCUT2D eigenvalue weighted by Crippen LogP contribution is 2.25. The van der Waals surface area contributed by atoms with Crippen LogP contribution in [0.5, 0.6) is 0 Å². The molecule has 0 aliphatic heterocycles. The van der Waals surface area contributed by atoms with Gasteiger partial charge in [0.2, 0.25) is 0 Å². The topological polar surface area (TPSA) is 30.0 Å². The molecule has 4 aromatic rings. The van der Waals surface area contributed by atoms with Crippen molar-refractivity contribution in [1.29, 1.82) is 0 Å². The van der Waals surface area contributed by atoms with Crippen LogP contribution in [0.4, 0.5) is 0 Å². The van der Waals surface area contributed by atoms with E-state index >= 15 is 0 Å². The first-order valence-corrected chi connectivity index (χ1v) is 8.53. The summed E-state index contributed by atoms with van der Waals surface area (Å²) in [6, 6.07) is 31.5. The molecule has 0 aliphatic carbocycles. The summed E-state index contributed by atoms with van der Waals surface area (Å²) in [6.07, 6.45) is 1.65. The molecule has 0 amide bonds. The number of hydrogen-bond acceptors (Lipinski definition) is 2. The number of pyridine rings is 1. The van der Waals surface area contributed by atoms with Gasteiger partial charge in [-0.05, 0) is 29.3 Å². The normalized spacial score (nSPS) is 10.5. The van der Waals surface area contributed by atoms with Gasteiger partial charge in [-0.25, -0.2) is 0 Å². The highest BCUT2D eigenvalue weighted by molar-refractivity contribution is 6.08. The van der Waals surface area contributed by atoms with E-state index < -0.39 is 0 Å². The van der Waals surface area contributed by atoms with Crippen LogP contribution in [0.1, 0.15) is 15.9 Å². The number of carbonyl (C=O) groups excluding carboxylic acids is 1. The second kappa shape index (κ2) is 7.16. The maximum absolute atomic E-state index is 12.5. The van der Waals surface area contributed by atoms with Crippen molar-refractivity contribution in [2.45, 2.75) is 0 Å². The van der Waals surface area contributed by atoms with Crippen molar-refractivity contribution in [2.75, 3.05) is 0 Å². The Morgan fingerprint density at radius 3 is 1.92 bits per heavy atom. The average molecular weight is 335 g/mol. The SMILES string of the molecule is O=C(c1ccccc1)c1ccc(-c2cccc(-c3ccccc3)c2)nc1. The lowest BCUT2D eigenvalue weighted by molar-refractivity contribution is 0.103. The minimum absolute atomic E-state index is 0.0114. The van der Waals surface area contributed by atoms with Gasteiger partial charge in [-0.2, -0.15) is 0 Å². The number of carbonyl (C=O) groups is 1. The molecule has 2 heteroatoms. The third kappa shape index (κ3) is 3.31. The molecule has 0 spiro atoms. The van der Waals surface area contributed by atoms with Gasteiger partial charge < -0.3 is 0 Å². The minimum atomic E-state index is -0.0114. The van der Waals surface area contributed by atoms with Crippen LogP contribution in [0.2, 0.25) is 0 Å². The molecule has 3 aromatic carbocycles. The third-order valence-corrected chi connectivity index (χ3v) is 4.33. The molecule has 124 valence electrons. The molecule has 0 atom stereocenters. The molecule has 1 aromatic heterocycles. The fourth-order valence-corrected chi connectivity index (χ4v) is 2.94. The van der Waals surface area contributed by atoms with Gasteiger partial charge >= 0.3 is 0 Å². The van der Waals surface area contributed by atoms with Crippen molar-refractivity contribution in [3.05, 3.63) is 114 Å². The van der Waals surface area contributed by atoms with E-state index in [4.69, 9.17) is 0 Å². The van der Waals surface area contributed by atoms with Gasteiger partial charge in [0.1, 0.15) is 0 Å². The van der Waals surface area contributed by atoms with Crippen LogP contribution in [0.15, 0.2) is 103 Å². The average Bonchev–Trinajstić information content (AvgIpc) is 2.75. The fourth-order valence-electron chi connectivity index (χ4n) is 2.94. The summed E-state index contributed by atoms with van der Waals surface area (Å²) < 4.78 is 0. The zero-order chi connectivity index (χ0) is 17.8. The van der Waals surface area contributed by atoms with Crippen molar-refractivity contribution in [3.8, 4) is 22.4 Å². The fraction of sp³-hybridized carbons (Fsp3) is 0. The lowest BCUT2D eigenvalue weighted by atomic mass is 10.0. The summed E-state index contributed by atoms with van der Waals surface area (Å²) in [6.45, 7) is 0. The van der Waals surface area contributed by atoms with Crippen molar-refractivity contribution >= 4 is 5.78 Å². The van der Waals surface area contributed by atoms with E-state index in [0.717, 1.165) is 16.8 Å². The van der Waals surface area contributed by atoms with Gasteiger partial charge in [0.25, 0.3) is 0 Å². The van der Waals surface area contributed by atoms with Gasteiger partial charge in [0.15, 0.2) is 5.78 Å². The molecule has 0 saturated carbocycles. The molecule has 26 heavy (non-hydrogen) atoms. The maximum Gasteiger partial charge on any atom is 0.194 e. The Kier molecular flexibility index (Phi) is 4.40. The quantitative estimate of drug-likeness (QED) is 0.451. The van der Waals surface area contributed by atoms with Gasteiger partial charge in [-0.15, -0.1) is 0 Å². The van der Waals surface area contributed by atoms with E-state index in [1.54, 1.807) is 6.20 Å². The Morgan fingerprint density at radius 2 is 1.23 bits per heavy atom. The van der Waals surface area contributed by atoms with E-state index in [0.29, 0.717) is 11.1 Å². The van der Waals surface area contributed by atoms with Crippen molar-refractivity contribution in [1.82, 2.24) is 4.98 Å². The molecule has 0 bridgehead atoms. The zero-order valence-electron chi connectivity index (χ0n) is 14.2. The van der Waals surface area contributed by atoms with E-state index in [1.165, 1.54) is 5.56 Å². The molecule has 0 unspecified atom stereocenters. The molecule has 0 N–H and O–H groups in total. The standard InChI is InChI=1S/C24H17NO/c26-24(19-10-5-2-6-11-19)22-14-15-23(25-17-22)21-13-7-12-20(16-21)18-8-3-1-4-9-18/h1-17H. The molecule has 1 heterocycles. The van der Waals surface area contributed by atoms with E-state index in [-0.39, 0.29) is 5.78 Å². The number of benzene rings is 3. The van der Waals surface area contributed by atoms with E-state index in [1.807, 2.05) is 72.8 Å². The number of hydrogen-bond donors (Lipinski definition) is 0. The molecular weight excluding hydrogens is 318 g/mol. The van der Waals surface area contributed by atoms with Crippen LogP contribution in [0.25, 0.3) is 22.4 Å². The van der Waals surface area contributed by atoms with Crippen molar-refractivity contribution < 1.29 is 4.79 Å². The van der Waals surface area contributed by atoms with Gasteiger partial charge in [0.05, 0.1) is 5.69 Å². The predicted molar refractivity (Wildman–Crippen MR) is 105 cm³/mol. The monoisotopic (exact) mass is 335 g/mol. The molecule has 0 aliphatic rings. The van der Waals surface area contributed by atoms with Crippen molar-refractivity contribution in [2.24, 2.45) is 0 Å². The Balaban J connectivity index is 1.63. The largest absolute Gasteiger partial charge is 0.289 e. The number of ketones is 1. The first-order valence-electron chi connectivity index (χ1n) is 8.53. The third-order valence-electron chi connectivity index (χ3n) is 4.33. The second-order valence-electron chi connectivity index (χ2n) is 6.07. The lowest BCUT2D eigenvalue weighted by Crippen LogP contribution is -2.01. The molecule has 0 radical (unpaired) electrons.